The van der Waals surface area contributed by atoms with Gasteiger partial charge in [-0.3, -0.25) is 5.43 Å². The number of nitrogens with one attached hydrogen (secondary N) is 2. The van der Waals surface area contributed by atoms with E-state index in [4.69, 9.17) is 17.0 Å². The predicted molar refractivity (Wildman–Crippen MR) is 114 cm³/mol. The van der Waals surface area contributed by atoms with Crippen LogP contribution in [0.25, 0.3) is 0 Å². The van der Waals surface area contributed by atoms with Crippen molar-refractivity contribution in [3.63, 3.8) is 0 Å². The van der Waals surface area contributed by atoms with E-state index < -0.39 is 0 Å². The van der Waals surface area contributed by atoms with E-state index >= 15 is 0 Å². The molecule has 1 aromatic heterocycles. The van der Waals surface area contributed by atoms with Crippen LogP contribution in [0.5, 0.6) is 5.75 Å². The summed E-state index contributed by atoms with van der Waals surface area (Å²) >= 11 is 5.25. The maximum Gasteiger partial charge on any atom is 0.191 e. The summed E-state index contributed by atoms with van der Waals surface area (Å²) in [5.74, 6) is 0.582. The van der Waals surface area contributed by atoms with Crippen molar-refractivity contribution in [3.8, 4) is 5.75 Å². The van der Waals surface area contributed by atoms with Gasteiger partial charge in [0, 0.05) is 17.4 Å². The molecule has 1 heterocycles. The Morgan fingerprint density at radius 2 is 1.93 bits per heavy atom. The molecule has 0 fully saturated rings. The third-order valence-corrected chi connectivity index (χ3v) is 4.14. The van der Waals surface area contributed by atoms with Gasteiger partial charge in [0.25, 0.3) is 0 Å². The van der Waals surface area contributed by atoms with Crippen LogP contribution in [0.3, 0.4) is 0 Å². The molecule has 0 aliphatic rings. The molecule has 0 aliphatic carbocycles. The largest absolute Gasteiger partial charge is 0.494 e. The highest BCUT2D eigenvalue weighted by Gasteiger charge is 2.04. The molecule has 7 heteroatoms. The van der Waals surface area contributed by atoms with Gasteiger partial charge in [-0.25, -0.2) is 4.39 Å². The molecule has 0 saturated carbocycles. The molecule has 2 N–H and O–H groups in total. The van der Waals surface area contributed by atoms with Crippen LogP contribution in [0.15, 0.2) is 72.0 Å². The molecular formula is C21H21FN4OS. The number of hydrogen-bond acceptors (Lipinski definition) is 3. The molecule has 0 spiro atoms. The monoisotopic (exact) mass is 396 g/mol. The quantitative estimate of drug-likeness (QED) is 0.353. The van der Waals surface area contributed by atoms with Crippen LogP contribution in [-0.4, -0.2) is 22.5 Å². The van der Waals surface area contributed by atoms with Crippen molar-refractivity contribution in [1.82, 2.24) is 9.99 Å². The van der Waals surface area contributed by atoms with Crippen molar-refractivity contribution in [2.24, 2.45) is 5.10 Å². The third-order valence-electron chi connectivity index (χ3n) is 3.95. The first-order valence-corrected chi connectivity index (χ1v) is 9.28. The number of rotatable bonds is 7. The van der Waals surface area contributed by atoms with Crippen molar-refractivity contribution in [2.75, 3.05) is 11.9 Å². The van der Waals surface area contributed by atoms with Crippen LogP contribution >= 0.6 is 12.2 Å². The van der Waals surface area contributed by atoms with E-state index in [0.717, 1.165) is 17.1 Å². The molecule has 5 nitrogen and oxygen atoms in total. The number of nitrogens with zero attached hydrogens (tertiary/aromatic N) is 2. The Morgan fingerprint density at radius 3 is 2.68 bits per heavy atom. The first-order valence-electron chi connectivity index (χ1n) is 8.87. The molecule has 2 aromatic carbocycles. The van der Waals surface area contributed by atoms with Gasteiger partial charge in [0.05, 0.1) is 25.1 Å². The standard InChI is InChI=1S/C21H21FN4OS/c1-2-27-19-11-9-17(10-12-19)24-21(28)25-23-14-18-7-5-13-26(18)15-16-6-3-4-8-20(16)22/h3-14H,2,15H2,1H3,(H2,24,25,28)/b23-14+. The fourth-order valence-electron chi connectivity index (χ4n) is 2.62. The lowest BCUT2D eigenvalue weighted by atomic mass is 10.2. The first-order chi connectivity index (χ1) is 13.7. The van der Waals surface area contributed by atoms with Crippen LogP contribution in [-0.2, 0) is 6.54 Å². The second-order valence-electron chi connectivity index (χ2n) is 5.93. The van der Waals surface area contributed by atoms with E-state index in [1.807, 2.05) is 60.2 Å². The van der Waals surface area contributed by atoms with Crippen LogP contribution < -0.4 is 15.5 Å². The van der Waals surface area contributed by atoms with Crippen LogP contribution in [0.1, 0.15) is 18.2 Å². The zero-order valence-corrected chi connectivity index (χ0v) is 16.2. The van der Waals surface area contributed by atoms with Crippen LogP contribution in [0.2, 0.25) is 0 Å². The second kappa shape index (κ2) is 9.66. The molecule has 3 rings (SSSR count). The molecule has 0 radical (unpaired) electrons. The summed E-state index contributed by atoms with van der Waals surface area (Å²) in [6.45, 7) is 2.99. The minimum atomic E-state index is -0.224. The SMILES string of the molecule is CCOc1ccc(NC(=S)N/N=C/c2cccn2Cc2ccccc2F)cc1. The normalized spacial score (nSPS) is 10.8. The molecule has 3 aromatic rings. The molecule has 0 amide bonds. The molecule has 28 heavy (non-hydrogen) atoms. The highest BCUT2D eigenvalue weighted by molar-refractivity contribution is 7.80. The van der Waals surface area contributed by atoms with Crippen molar-refractivity contribution in [3.05, 3.63) is 83.9 Å². The lowest BCUT2D eigenvalue weighted by Gasteiger charge is -2.09. The Bertz CT molecular complexity index is 953. The zero-order valence-electron chi connectivity index (χ0n) is 15.4. The molecule has 144 valence electrons. The highest BCUT2D eigenvalue weighted by Crippen LogP contribution is 2.15. The van der Waals surface area contributed by atoms with Crippen molar-refractivity contribution < 1.29 is 9.13 Å². The Balaban J connectivity index is 1.55. The molecule has 0 saturated heterocycles. The van der Waals surface area contributed by atoms with E-state index in [-0.39, 0.29) is 5.82 Å². The van der Waals surface area contributed by atoms with E-state index in [2.05, 4.69) is 15.8 Å². The Morgan fingerprint density at radius 1 is 1.14 bits per heavy atom. The number of halogens is 1. The minimum Gasteiger partial charge on any atom is -0.494 e. The number of hydrazone groups is 1. The number of benzene rings is 2. The van der Waals surface area contributed by atoms with Gasteiger partial charge in [-0.05, 0) is 61.6 Å². The summed E-state index contributed by atoms with van der Waals surface area (Å²) in [4.78, 5) is 0. The Kier molecular flexibility index (Phi) is 6.75. The van der Waals surface area contributed by atoms with Crippen molar-refractivity contribution >= 4 is 29.2 Å². The van der Waals surface area contributed by atoms with E-state index in [1.54, 1.807) is 18.3 Å². The lowest BCUT2D eigenvalue weighted by Crippen LogP contribution is -2.24. The zero-order chi connectivity index (χ0) is 19.8. The van der Waals surface area contributed by atoms with Gasteiger partial charge in [-0.2, -0.15) is 5.10 Å². The highest BCUT2D eigenvalue weighted by atomic mass is 32.1. The van der Waals surface area contributed by atoms with Gasteiger partial charge in [-0.1, -0.05) is 18.2 Å². The topological polar surface area (TPSA) is 50.6 Å². The second-order valence-corrected chi connectivity index (χ2v) is 6.34. The average Bonchev–Trinajstić information content (AvgIpc) is 3.12. The first kappa shape index (κ1) is 19.6. The van der Waals surface area contributed by atoms with Crippen molar-refractivity contribution in [1.29, 1.82) is 0 Å². The molecule has 0 unspecified atom stereocenters. The molecule has 0 atom stereocenters. The summed E-state index contributed by atoms with van der Waals surface area (Å²) in [5, 5.41) is 7.58. The summed E-state index contributed by atoms with van der Waals surface area (Å²) < 4.78 is 21.2. The van der Waals surface area contributed by atoms with Gasteiger partial charge < -0.3 is 14.6 Å². The summed E-state index contributed by atoms with van der Waals surface area (Å²) in [5.41, 5.74) is 5.07. The number of thiocarbonyl (C=S) groups is 1. The van der Waals surface area contributed by atoms with Gasteiger partial charge in [0.2, 0.25) is 0 Å². The van der Waals surface area contributed by atoms with Crippen LogP contribution in [0, 0.1) is 5.82 Å². The van der Waals surface area contributed by atoms with Gasteiger partial charge >= 0.3 is 0 Å². The fraction of sp³-hybridized carbons (Fsp3) is 0.143. The average molecular weight is 396 g/mol. The number of aromatic nitrogens is 1. The maximum atomic E-state index is 13.9. The number of hydrogen-bond donors (Lipinski definition) is 2. The molecular weight excluding hydrogens is 375 g/mol. The van der Waals surface area contributed by atoms with E-state index in [1.165, 1.54) is 6.07 Å². The van der Waals surface area contributed by atoms with Gasteiger partial charge in [0.1, 0.15) is 11.6 Å². The van der Waals surface area contributed by atoms with Gasteiger partial charge in [-0.15, -0.1) is 0 Å². The Labute approximate surface area is 168 Å². The third kappa shape index (κ3) is 5.40. The predicted octanol–water partition coefficient (Wildman–Crippen LogP) is 4.39. The summed E-state index contributed by atoms with van der Waals surface area (Å²) in [7, 11) is 0. The van der Waals surface area contributed by atoms with Crippen molar-refractivity contribution in [2.45, 2.75) is 13.5 Å². The number of anilines is 1. The smallest absolute Gasteiger partial charge is 0.191 e. The fourth-order valence-corrected chi connectivity index (χ4v) is 2.79. The van der Waals surface area contributed by atoms with Crippen LogP contribution in [0.4, 0.5) is 10.1 Å². The lowest BCUT2D eigenvalue weighted by molar-refractivity contribution is 0.340. The maximum absolute atomic E-state index is 13.9. The van der Waals surface area contributed by atoms with E-state index in [9.17, 15) is 4.39 Å². The summed E-state index contributed by atoms with van der Waals surface area (Å²) in [6, 6.07) is 18.0. The van der Waals surface area contributed by atoms with E-state index in [0.29, 0.717) is 23.8 Å². The molecule has 0 aliphatic heterocycles. The summed E-state index contributed by atoms with van der Waals surface area (Å²) in [6.07, 6.45) is 3.53. The molecule has 0 bridgehead atoms. The minimum absolute atomic E-state index is 0.224. The Hall–Kier alpha value is -3.19. The van der Waals surface area contributed by atoms with Gasteiger partial charge in [0.15, 0.2) is 5.11 Å². The number of ether oxygens (including phenoxy) is 1.